The van der Waals surface area contributed by atoms with Gasteiger partial charge in [0.05, 0.1) is 6.61 Å². The first kappa shape index (κ1) is 13.5. The monoisotopic (exact) mass is 297 g/mol. The van der Waals surface area contributed by atoms with E-state index in [4.69, 9.17) is 4.74 Å². The van der Waals surface area contributed by atoms with E-state index in [0.717, 1.165) is 36.9 Å². The average molecular weight is 297 g/mol. The van der Waals surface area contributed by atoms with Crippen molar-refractivity contribution in [3.8, 4) is 0 Å². The predicted molar refractivity (Wildman–Crippen MR) is 81.8 cm³/mol. The fraction of sp³-hybridized carbons (Fsp3) is 0.412. The molecule has 0 radical (unpaired) electrons. The van der Waals surface area contributed by atoms with Gasteiger partial charge in [0.2, 0.25) is 0 Å². The SMILES string of the molecule is O=C(NC[C@@H]1OCCc2ccccc21)c1n[nH]c2c1CCC2. The van der Waals surface area contributed by atoms with E-state index in [-0.39, 0.29) is 12.0 Å². The highest BCUT2D eigenvalue weighted by molar-refractivity contribution is 5.94. The molecule has 5 nitrogen and oxygen atoms in total. The second-order valence-electron chi connectivity index (χ2n) is 5.90. The van der Waals surface area contributed by atoms with Crippen molar-refractivity contribution in [2.45, 2.75) is 31.8 Å². The zero-order valence-corrected chi connectivity index (χ0v) is 12.4. The first-order chi connectivity index (χ1) is 10.8. The molecule has 1 aromatic carbocycles. The summed E-state index contributed by atoms with van der Waals surface area (Å²) in [6.07, 6.45) is 3.91. The minimum absolute atomic E-state index is 0.0686. The molecule has 1 atom stereocenters. The minimum Gasteiger partial charge on any atom is -0.371 e. The molecule has 22 heavy (non-hydrogen) atoms. The summed E-state index contributed by atoms with van der Waals surface area (Å²) in [5, 5.41) is 10.1. The van der Waals surface area contributed by atoms with E-state index in [9.17, 15) is 4.79 Å². The lowest BCUT2D eigenvalue weighted by Crippen LogP contribution is -2.32. The lowest BCUT2D eigenvalue weighted by molar-refractivity contribution is 0.0410. The number of hydrogen-bond donors (Lipinski definition) is 2. The minimum atomic E-state index is -0.106. The van der Waals surface area contributed by atoms with Gasteiger partial charge >= 0.3 is 0 Å². The molecule has 0 saturated heterocycles. The summed E-state index contributed by atoms with van der Waals surface area (Å²) >= 11 is 0. The Labute approximate surface area is 129 Å². The number of carbonyl (C=O) groups is 1. The zero-order chi connectivity index (χ0) is 14.9. The average Bonchev–Trinajstić information content (AvgIpc) is 3.15. The Balaban J connectivity index is 1.46. The van der Waals surface area contributed by atoms with Crippen LogP contribution in [0.2, 0.25) is 0 Å². The van der Waals surface area contributed by atoms with Crippen LogP contribution in [0.5, 0.6) is 0 Å². The summed E-state index contributed by atoms with van der Waals surface area (Å²) in [6.45, 7) is 1.19. The van der Waals surface area contributed by atoms with E-state index < -0.39 is 0 Å². The highest BCUT2D eigenvalue weighted by Crippen LogP contribution is 2.27. The van der Waals surface area contributed by atoms with Crippen LogP contribution in [0.25, 0.3) is 0 Å². The number of ether oxygens (including phenoxy) is 1. The molecule has 4 rings (SSSR count). The third kappa shape index (κ3) is 2.31. The number of amides is 1. The zero-order valence-electron chi connectivity index (χ0n) is 12.4. The molecular formula is C17H19N3O2. The van der Waals surface area contributed by atoms with E-state index >= 15 is 0 Å². The Morgan fingerprint density at radius 2 is 2.23 bits per heavy atom. The number of nitrogens with one attached hydrogen (secondary N) is 2. The van der Waals surface area contributed by atoms with Gasteiger partial charge in [0.25, 0.3) is 5.91 Å². The summed E-state index contributed by atoms with van der Waals surface area (Å²) in [4.78, 5) is 12.4. The van der Waals surface area contributed by atoms with Crippen LogP contribution in [0, 0.1) is 0 Å². The Kier molecular flexibility index (Phi) is 3.42. The van der Waals surface area contributed by atoms with Gasteiger partial charge in [0.15, 0.2) is 5.69 Å². The summed E-state index contributed by atoms with van der Waals surface area (Å²) in [5.74, 6) is -0.106. The first-order valence-corrected chi connectivity index (χ1v) is 7.86. The van der Waals surface area contributed by atoms with Crippen LogP contribution >= 0.6 is 0 Å². The second-order valence-corrected chi connectivity index (χ2v) is 5.90. The molecule has 0 saturated carbocycles. The molecule has 1 aliphatic heterocycles. The fourth-order valence-corrected chi connectivity index (χ4v) is 3.42. The Hall–Kier alpha value is -2.14. The largest absolute Gasteiger partial charge is 0.371 e. The van der Waals surface area contributed by atoms with Crippen LogP contribution in [0.1, 0.15) is 45.4 Å². The van der Waals surface area contributed by atoms with Gasteiger partial charge in [-0.2, -0.15) is 5.10 Å². The highest BCUT2D eigenvalue weighted by Gasteiger charge is 2.25. The van der Waals surface area contributed by atoms with Gasteiger partial charge in [-0.25, -0.2) is 0 Å². The predicted octanol–water partition coefficient (Wildman–Crippen LogP) is 1.94. The van der Waals surface area contributed by atoms with Crippen molar-refractivity contribution in [3.05, 3.63) is 52.3 Å². The van der Waals surface area contributed by atoms with Crippen LogP contribution < -0.4 is 5.32 Å². The third-order valence-electron chi connectivity index (χ3n) is 4.56. The number of aryl methyl sites for hydroxylation is 1. The van der Waals surface area contributed by atoms with Gasteiger partial charge in [0, 0.05) is 17.8 Å². The molecule has 1 aliphatic carbocycles. The molecule has 2 aromatic rings. The van der Waals surface area contributed by atoms with Gasteiger partial charge in [-0.1, -0.05) is 24.3 Å². The second kappa shape index (κ2) is 5.57. The normalized spacial score (nSPS) is 19.5. The maximum atomic E-state index is 12.4. The number of nitrogens with zero attached hydrogens (tertiary/aromatic N) is 1. The molecule has 2 aliphatic rings. The maximum Gasteiger partial charge on any atom is 0.272 e. The molecule has 0 fully saturated rings. The number of carbonyl (C=O) groups excluding carboxylic acids is 1. The number of aromatic nitrogens is 2. The number of H-pyrrole nitrogens is 1. The van der Waals surface area contributed by atoms with Crippen molar-refractivity contribution in [1.29, 1.82) is 0 Å². The molecule has 5 heteroatoms. The fourth-order valence-electron chi connectivity index (χ4n) is 3.42. The van der Waals surface area contributed by atoms with Crippen molar-refractivity contribution >= 4 is 5.91 Å². The van der Waals surface area contributed by atoms with Gasteiger partial charge in [-0.3, -0.25) is 9.89 Å². The lowest BCUT2D eigenvalue weighted by atomic mass is 9.97. The van der Waals surface area contributed by atoms with Crippen LogP contribution in [0.15, 0.2) is 24.3 Å². The molecule has 0 unspecified atom stereocenters. The van der Waals surface area contributed by atoms with Crippen molar-refractivity contribution < 1.29 is 9.53 Å². The number of fused-ring (bicyclic) bond motifs is 2. The van der Waals surface area contributed by atoms with Crippen molar-refractivity contribution in [1.82, 2.24) is 15.5 Å². The number of aromatic amines is 1. The number of hydrogen-bond acceptors (Lipinski definition) is 3. The van der Waals surface area contributed by atoms with Crippen molar-refractivity contribution in [3.63, 3.8) is 0 Å². The maximum absolute atomic E-state index is 12.4. The summed E-state index contributed by atoms with van der Waals surface area (Å²) < 4.78 is 5.82. The van der Waals surface area contributed by atoms with Crippen molar-refractivity contribution in [2.24, 2.45) is 0 Å². The number of rotatable bonds is 3. The molecule has 1 amide bonds. The van der Waals surface area contributed by atoms with Crippen LogP contribution in [0.3, 0.4) is 0 Å². The molecule has 0 bridgehead atoms. The van der Waals surface area contributed by atoms with Gasteiger partial charge in [-0.05, 0) is 36.8 Å². The van der Waals surface area contributed by atoms with E-state index in [1.807, 2.05) is 12.1 Å². The molecule has 2 heterocycles. The Morgan fingerprint density at radius 3 is 3.18 bits per heavy atom. The van der Waals surface area contributed by atoms with E-state index in [2.05, 4.69) is 27.6 Å². The highest BCUT2D eigenvalue weighted by atomic mass is 16.5. The molecular weight excluding hydrogens is 278 g/mol. The Bertz CT molecular complexity index is 708. The molecule has 1 aromatic heterocycles. The Morgan fingerprint density at radius 1 is 1.32 bits per heavy atom. The van der Waals surface area contributed by atoms with Gasteiger partial charge in [-0.15, -0.1) is 0 Å². The van der Waals surface area contributed by atoms with Crippen LogP contribution in [-0.2, 0) is 24.0 Å². The van der Waals surface area contributed by atoms with Crippen LogP contribution in [-0.4, -0.2) is 29.3 Å². The van der Waals surface area contributed by atoms with Crippen molar-refractivity contribution in [2.75, 3.05) is 13.2 Å². The van der Waals surface area contributed by atoms with E-state index in [0.29, 0.717) is 18.8 Å². The lowest BCUT2D eigenvalue weighted by Gasteiger charge is -2.26. The molecule has 0 spiro atoms. The molecule has 2 N–H and O–H groups in total. The van der Waals surface area contributed by atoms with E-state index in [1.165, 1.54) is 11.1 Å². The summed E-state index contributed by atoms with van der Waals surface area (Å²) in [6, 6.07) is 8.28. The smallest absolute Gasteiger partial charge is 0.272 e. The summed E-state index contributed by atoms with van der Waals surface area (Å²) in [7, 11) is 0. The topological polar surface area (TPSA) is 67.0 Å². The molecule has 114 valence electrons. The van der Waals surface area contributed by atoms with E-state index in [1.54, 1.807) is 0 Å². The third-order valence-corrected chi connectivity index (χ3v) is 4.56. The first-order valence-electron chi connectivity index (χ1n) is 7.86. The van der Waals surface area contributed by atoms with Crippen LogP contribution in [0.4, 0.5) is 0 Å². The quantitative estimate of drug-likeness (QED) is 0.910. The summed E-state index contributed by atoms with van der Waals surface area (Å²) in [5.41, 5.74) is 5.25. The standard InChI is InChI=1S/C17H19N3O2/c21-17(16-13-6-3-7-14(13)19-20-16)18-10-15-12-5-2-1-4-11(12)8-9-22-15/h1-2,4-5,15H,3,6-10H2,(H,18,21)(H,19,20)/t15-/m0/s1. The van der Waals surface area contributed by atoms with Gasteiger partial charge < -0.3 is 10.1 Å². The van der Waals surface area contributed by atoms with Gasteiger partial charge in [0.1, 0.15) is 6.10 Å². The number of benzene rings is 1.